The van der Waals surface area contributed by atoms with Gasteiger partial charge in [-0.3, -0.25) is 4.79 Å². The number of carboxylic acids is 1. The van der Waals surface area contributed by atoms with Gasteiger partial charge in [-0.25, -0.2) is 4.79 Å². The van der Waals surface area contributed by atoms with Crippen LogP contribution >= 0.6 is 0 Å². The molecule has 0 bridgehead atoms. The summed E-state index contributed by atoms with van der Waals surface area (Å²) in [6.07, 6.45) is 6.15. The Kier molecular flexibility index (Phi) is 6.12. The molecule has 2 unspecified atom stereocenters. The number of nitrogens with zero attached hydrogens (tertiary/aromatic N) is 1. The first-order valence-electron chi connectivity index (χ1n) is 7.16. The van der Waals surface area contributed by atoms with E-state index in [-0.39, 0.29) is 18.6 Å². The lowest BCUT2D eigenvalue weighted by molar-refractivity contribution is -0.141. The Labute approximate surface area is 115 Å². The summed E-state index contributed by atoms with van der Waals surface area (Å²) in [5.41, 5.74) is 0. The quantitative estimate of drug-likeness (QED) is 0.805. The highest BCUT2D eigenvalue weighted by molar-refractivity contribution is 5.75. The van der Waals surface area contributed by atoms with Gasteiger partial charge in [-0.1, -0.05) is 26.2 Å². The molecule has 110 valence electrons. The zero-order chi connectivity index (χ0) is 14.4. The highest BCUT2D eigenvalue weighted by Crippen LogP contribution is 2.26. The average Bonchev–Trinajstić information content (AvgIpc) is 2.39. The predicted octanol–water partition coefficient (Wildman–Crippen LogP) is 2.32. The van der Waals surface area contributed by atoms with Gasteiger partial charge < -0.3 is 15.3 Å². The zero-order valence-corrected chi connectivity index (χ0v) is 12.2. The van der Waals surface area contributed by atoms with Crippen LogP contribution in [0.25, 0.3) is 0 Å². The maximum absolute atomic E-state index is 12.0. The number of rotatable bonds is 5. The van der Waals surface area contributed by atoms with E-state index in [1.807, 2.05) is 6.92 Å². The Balaban J connectivity index is 2.38. The Morgan fingerprint density at radius 2 is 1.84 bits per heavy atom. The highest BCUT2D eigenvalue weighted by Gasteiger charge is 2.23. The Morgan fingerprint density at radius 1 is 1.26 bits per heavy atom. The van der Waals surface area contributed by atoms with Crippen molar-refractivity contribution in [2.45, 2.75) is 52.0 Å². The number of hydrogen-bond acceptors (Lipinski definition) is 2. The molecule has 0 radical (unpaired) electrons. The fourth-order valence-corrected chi connectivity index (χ4v) is 2.63. The number of hydrogen-bond donors (Lipinski definition) is 2. The van der Waals surface area contributed by atoms with Gasteiger partial charge >= 0.3 is 12.0 Å². The van der Waals surface area contributed by atoms with E-state index in [1.54, 1.807) is 14.0 Å². The largest absolute Gasteiger partial charge is 0.481 e. The summed E-state index contributed by atoms with van der Waals surface area (Å²) in [6.45, 7) is 3.89. The first-order valence-corrected chi connectivity index (χ1v) is 7.16. The van der Waals surface area contributed by atoms with Gasteiger partial charge in [0.1, 0.15) is 0 Å². The fraction of sp³-hybridized carbons (Fsp3) is 0.857. The second kappa shape index (κ2) is 7.36. The molecule has 1 aliphatic rings. The molecule has 0 saturated heterocycles. The molecule has 0 aromatic heterocycles. The van der Waals surface area contributed by atoms with Crippen molar-refractivity contribution in [1.29, 1.82) is 0 Å². The molecule has 1 fully saturated rings. The van der Waals surface area contributed by atoms with Gasteiger partial charge in [0.2, 0.25) is 0 Å². The molecule has 2 atom stereocenters. The van der Waals surface area contributed by atoms with E-state index < -0.39 is 11.9 Å². The number of urea groups is 1. The van der Waals surface area contributed by atoms with Gasteiger partial charge in [-0.2, -0.15) is 0 Å². The molecule has 19 heavy (non-hydrogen) atoms. The Morgan fingerprint density at radius 3 is 2.37 bits per heavy atom. The van der Waals surface area contributed by atoms with E-state index in [0.717, 1.165) is 0 Å². The minimum absolute atomic E-state index is 0.162. The maximum atomic E-state index is 12.0. The summed E-state index contributed by atoms with van der Waals surface area (Å²) in [7, 11) is 1.64. The van der Waals surface area contributed by atoms with Crippen LogP contribution in [0, 0.1) is 11.8 Å². The van der Waals surface area contributed by atoms with Crippen molar-refractivity contribution in [2.75, 3.05) is 13.6 Å². The van der Waals surface area contributed by atoms with Crippen molar-refractivity contribution in [3.63, 3.8) is 0 Å². The van der Waals surface area contributed by atoms with Crippen molar-refractivity contribution in [2.24, 2.45) is 11.8 Å². The molecule has 2 amide bonds. The molecule has 5 heteroatoms. The minimum atomic E-state index is -0.875. The molecule has 2 N–H and O–H groups in total. The lowest BCUT2D eigenvalue weighted by Crippen LogP contribution is -2.46. The second-order valence-electron chi connectivity index (χ2n) is 5.76. The molecule has 5 nitrogen and oxygen atoms in total. The number of carboxylic acid groups (broad SMARTS) is 1. The Hall–Kier alpha value is -1.26. The zero-order valence-electron chi connectivity index (χ0n) is 12.2. The average molecular weight is 270 g/mol. The van der Waals surface area contributed by atoms with Crippen LogP contribution in [0.5, 0.6) is 0 Å². The molecular formula is C14H26N2O3. The van der Waals surface area contributed by atoms with Crippen LogP contribution in [-0.4, -0.2) is 41.6 Å². The highest BCUT2D eigenvalue weighted by atomic mass is 16.4. The molecule has 0 aromatic carbocycles. The van der Waals surface area contributed by atoms with Crippen molar-refractivity contribution >= 4 is 12.0 Å². The molecule has 1 saturated carbocycles. The monoisotopic (exact) mass is 270 g/mol. The summed E-state index contributed by atoms with van der Waals surface area (Å²) in [6, 6.07) is -0.0124. The maximum Gasteiger partial charge on any atom is 0.317 e. The van der Waals surface area contributed by atoms with Crippen molar-refractivity contribution in [3.05, 3.63) is 0 Å². The smallest absolute Gasteiger partial charge is 0.317 e. The lowest BCUT2D eigenvalue weighted by Gasteiger charge is -2.30. The number of carbonyl (C=O) groups excluding carboxylic acids is 1. The van der Waals surface area contributed by atoms with Gasteiger partial charge in [0.15, 0.2) is 0 Å². The molecule has 1 rings (SSSR count). The van der Waals surface area contributed by atoms with Gasteiger partial charge in [-0.05, 0) is 25.7 Å². The first kappa shape index (κ1) is 15.8. The van der Waals surface area contributed by atoms with E-state index in [9.17, 15) is 9.59 Å². The normalized spacial score (nSPS) is 19.5. The third-order valence-electron chi connectivity index (χ3n) is 4.02. The second-order valence-corrected chi connectivity index (χ2v) is 5.76. The van der Waals surface area contributed by atoms with E-state index in [0.29, 0.717) is 5.92 Å². The minimum Gasteiger partial charge on any atom is -0.481 e. The molecule has 1 aliphatic carbocycles. The molecule has 0 aliphatic heterocycles. The van der Waals surface area contributed by atoms with Crippen molar-refractivity contribution < 1.29 is 14.7 Å². The molecule has 0 spiro atoms. The molecule has 0 heterocycles. The summed E-state index contributed by atoms with van der Waals surface area (Å²) in [5, 5.41) is 11.8. The van der Waals surface area contributed by atoms with Crippen LogP contribution < -0.4 is 5.32 Å². The van der Waals surface area contributed by atoms with Crippen molar-refractivity contribution in [1.82, 2.24) is 10.2 Å². The van der Waals surface area contributed by atoms with Crippen LogP contribution in [0.2, 0.25) is 0 Å². The summed E-state index contributed by atoms with van der Waals surface area (Å²) >= 11 is 0. The predicted molar refractivity (Wildman–Crippen MR) is 74.0 cm³/mol. The van der Waals surface area contributed by atoms with Gasteiger partial charge in [0.05, 0.1) is 5.92 Å². The molecular weight excluding hydrogens is 244 g/mol. The summed E-state index contributed by atoms with van der Waals surface area (Å²) < 4.78 is 0. The van der Waals surface area contributed by atoms with E-state index in [4.69, 9.17) is 5.11 Å². The summed E-state index contributed by atoms with van der Waals surface area (Å²) in [4.78, 5) is 24.2. The van der Waals surface area contributed by atoms with E-state index in [2.05, 4.69) is 5.32 Å². The first-order chi connectivity index (χ1) is 8.91. The fourth-order valence-electron chi connectivity index (χ4n) is 2.63. The third-order valence-corrected chi connectivity index (χ3v) is 4.02. The lowest BCUT2D eigenvalue weighted by atomic mass is 9.84. The third kappa shape index (κ3) is 5.09. The number of nitrogens with one attached hydrogen (secondary N) is 1. The molecule has 0 aromatic rings. The van der Waals surface area contributed by atoms with Crippen LogP contribution in [0.4, 0.5) is 4.79 Å². The van der Waals surface area contributed by atoms with Gasteiger partial charge in [-0.15, -0.1) is 0 Å². The summed E-state index contributed by atoms with van der Waals surface area (Å²) in [5.74, 6) is -0.858. The van der Waals surface area contributed by atoms with Crippen molar-refractivity contribution in [3.8, 4) is 0 Å². The number of carbonyl (C=O) groups is 2. The van der Waals surface area contributed by atoms with Crippen LogP contribution in [-0.2, 0) is 4.79 Å². The van der Waals surface area contributed by atoms with Crippen LogP contribution in [0.15, 0.2) is 0 Å². The standard InChI is InChI=1S/C14H26N2O3/c1-10(13(17)18)9-16(3)14(19)15-11(2)12-7-5-4-6-8-12/h10-12H,4-9H2,1-3H3,(H,15,19)(H,17,18). The number of aliphatic carboxylic acids is 1. The van der Waals surface area contributed by atoms with Crippen LogP contribution in [0.3, 0.4) is 0 Å². The van der Waals surface area contributed by atoms with Gasteiger partial charge in [0, 0.05) is 19.6 Å². The number of amides is 2. The van der Waals surface area contributed by atoms with Crippen LogP contribution in [0.1, 0.15) is 46.0 Å². The topological polar surface area (TPSA) is 69.6 Å². The van der Waals surface area contributed by atoms with E-state index >= 15 is 0 Å². The van der Waals surface area contributed by atoms with Gasteiger partial charge in [0.25, 0.3) is 0 Å². The SMILES string of the molecule is CC(CN(C)C(=O)NC(C)C1CCCCC1)C(=O)O. The van der Waals surface area contributed by atoms with E-state index in [1.165, 1.54) is 37.0 Å². The Bertz CT molecular complexity index is 314.